The molecule has 0 unspecified atom stereocenters. The van der Waals surface area contributed by atoms with E-state index in [-0.39, 0.29) is 24.6 Å². The topological polar surface area (TPSA) is 157 Å². The average molecular weight is 635 g/mol. The van der Waals surface area contributed by atoms with Gasteiger partial charge in [0.2, 0.25) is 17.7 Å². The summed E-state index contributed by atoms with van der Waals surface area (Å²) in [4.78, 5) is 64.3. The molecule has 0 radical (unpaired) electrons. The van der Waals surface area contributed by atoms with E-state index in [9.17, 15) is 29.3 Å². The van der Waals surface area contributed by atoms with Crippen molar-refractivity contribution in [3.05, 3.63) is 87.5 Å². The minimum atomic E-state index is -0.891. The van der Waals surface area contributed by atoms with E-state index >= 15 is 0 Å². The van der Waals surface area contributed by atoms with Gasteiger partial charge in [0.25, 0.3) is 5.69 Å². The van der Waals surface area contributed by atoms with Crippen molar-refractivity contribution in [3.63, 3.8) is 0 Å². The number of benzene rings is 2. The van der Waals surface area contributed by atoms with Crippen molar-refractivity contribution in [2.45, 2.75) is 65.8 Å². The van der Waals surface area contributed by atoms with E-state index in [1.807, 2.05) is 6.07 Å². The van der Waals surface area contributed by atoms with Gasteiger partial charge in [-0.25, -0.2) is 0 Å². The number of likely N-dealkylation sites (N-methyl/N-ethyl adjacent to an activating group) is 1. The maximum absolute atomic E-state index is 13.1. The summed E-state index contributed by atoms with van der Waals surface area (Å²) < 4.78 is 11.7. The van der Waals surface area contributed by atoms with Crippen LogP contribution in [0.5, 0.6) is 5.75 Å². The molecule has 1 aliphatic rings. The number of nitro benzene ring substituents is 1. The molecule has 2 aromatic rings. The molecule has 3 amide bonds. The number of rotatable bonds is 7. The zero-order valence-electron chi connectivity index (χ0n) is 27.1. The number of nitrogens with one attached hydrogen (secondary N) is 2. The number of ether oxygens (including phenoxy) is 2. The first kappa shape index (κ1) is 35.5. The standard InChI is InChI=1S/C34H42N4O8/c1-20(2)31-33(41)35-18-30(40)46-32(23(5)21(3)16-29(39)36-24(6)34(42)37(31)7)22(4)15-25-11-10-13-27(17-25)45-19-26-12-8-9-14-28(26)38(43)44/h8-15,17,20,23-24,31-32H,3,16,18-19H2,1-2,4-7H3,(H,35,41)(H,36,39)/b22-15+/t23-,24+,31+,32+/m1/s1. The third kappa shape index (κ3) is 9.26. The molecule has 0 saturated carbocycles. The largest absolute Gasteiger partial charge is 0.489 e. The number of nitrogens with zero attached hydrogens (tertiary/aromatic N) is 2. The molecule has 4 atom stereocenters. The molecule has 0 aromatic heterocycles. The Hall–Kier alpha value is -5.00. The molecule has 0 spiro atoms. The van der Waals surface area contributed by atoms with Crippen LogP contribution in [-0.2, 0) is 30.5 Å². The smallest absolute Gasteiger partial charge is 0.326 e. The zero-order chi connectivity index (χ0) is 34.1. The molecule has 2 aromatic carbocycles. The average Bonchev–Trinajstić information content (AvgIpc) is 3.00. The minimum absolute atomic E-state index is 0.00808. The predicted molar refractivity (Wildman–Crippen MR) is 172 cm³/mol. The van der Waals surface area contributed by atoms with Gasteiger partial charge < -0.3 is 25.0 Å². The van der Waals surface area contributed by atoms with Crippen LogP contribution in [-0.4, -0.2) is 65.3 Å². The van der Waals surface area contributed by atoms with Crippen molar-refractivity contribution < 1.29 is 33.6 Å². The van der Waals surface area contributed by atoms with Crippen molar-refractivity contribution in [2.24, 2.45) is 11.8 Å². The summed E-state index contributed by atoms with van der Waals surface area (Å²) in [5.74, 6) is -2.40. The van der Waals surface area contributed by atoms with Gasteiger partial charge in [-0.2, -0.15) is 0 Å². The molecule has 3 rings (SSSR count). The third-order valence-corrected chi connectivity index (χ3v) is 7.85. The fraction of sp³-hybridized carbons (Fsp3) is 0.412. The summed E-state index contributed by atoms with van der Waals surface area (Å²) in [6.45, 7) is 12.3. The quantitative estimate of drug-likeness (QED) is 0.199. The highest BCUT2D eigenvalue weighted by Gasteiger charge is 2.34. The normalized spacial score (nSPS) is 22.4. The summed E-state index contributed by atoms with van der Waals surface area (Å²) in [5, 5.41) is 16.6. The van der Waals surface area contributed by atoms with Gasteiger partial charge in [-0.05, 0) is 49.1 Å². The van der Waals surface area contributed by atoms with Crippen molar-refractivity contribution in [3.8, 4) is 5.75 Å². The summed E-state index contributed by atoms with van der Waals surface area (Å²) in [7, 11) is 1.49. The van der Waals surface area contributed by atoms with Gasteiger partial charge in [-0.15, -0.1) is 0 Å². The summed E-state index contributed by atoms with van der Waals surface area (Å²) in [6.07, 6.45) is 0.856. The number of carbonyl (C=O) groups excluding carboxylic acids is 4. The second kappa shape index (κ2) is 15.8. The molecule has 46 heavy (non-hydrogen) atoms. The van der Waals surface area contributed by atoms with E-state index in [4.69, 9.17) is 9.47 Å². The lowest BCUT2D eigenvalue weighted by Gasteiger charge is -2.32. The molecule has 12 heteroatoms. The Bertz CT molecular complexity index is 1520. The first-order valence-corrected chi connectivity index (χ1v) is 15.0. The van der Waals surface area contributed by atoms with E-state index < -0.39 is 59.3 Å². The van der Waals surface area contributed by atoms with Crippen LogP contribution in [0.25, 0.3) is 6.08 Å². The zero-order valence-corrected chi connectivity index (χ0v) is 27.1. The van der Waals surface area contributed by atoms with Crippen LogP contribution in [0, 0.1) is 22.0 Å². The molecular weight excluding hydrogens is 592 g/mol. The van der Waals surface area contributed by atoms with Crippen molar-refractivity contribution in [1.82, 2.24) is 15.5 Å². The van der Waals surface area contributed by atoms with Crippen LogP contribution in [0.2, 0.25) is 0 Å². The second-order valence-electron chi connectivity index (χ2n) is 11.8. The van der Waals surface area contributed by atoms with Crippen molar-refractivity contribution >= 4 is 35.5 Å². The molecule has 246 valence electrons. The Balaban J connectivity index is 1.87. The molecule has 1 saturated heterocycles. The molecule has 12 nitrogen and oxygen atoms in total. The fourth-order valence-electron chi connectivity index (χ4n) is 5.35. The number of amides is 3. The highest BCUT2D eigenvalue weighted by molar-refractivity contribution is 5.93. The van der Waals surface area contributed by atoms with Gasteiger partial charge in [-0.3, -0.25) is 29.3 Å². The highest BCUT2D eigenvalue weighted by atomic mass is 16.6. The van der Waals surface area contributed by atoms with Crippen molar-refractivity contribution in [2.75, 3.05) is 13.6 Å². The maximum atomic E-state index is 13.1. The van der Waals surface area contributed by atoms with E-state index in [0.29, 0.717) is 28.0 Å². The number of cyclic esters (lactones) is 1. The van der Waals surface area contributed by atoms with Crippen LogP contribution in [0.1, 0.15) is 52.2 Å². The van der Waals surface area contributed by atoms with Crippen LogP contribution < -0.4 is 15.4 Å². The van der Waals surface area contributed by atoms with Crippen LogP contribution >= 0.6 is 0 Å². The Morgan fingerprint density at radius 2 is 1.85 bits per heavy atom. The van der Waals surface area contributed by atoms with Gasteiger partial charge in [0.05, 0.1) is 10.5 Å². The SMILES string of the molecule is C=C1CC(=O)N[C@@H](C)C(=O)N(C)[C@@H](C(C)C)C(=O)NCC(=O)O[C@@H](/C(C)=C/c2cccc(OCc3ccccc3[N+](=O)[O-])c2)[C@@H]1C. The highest BCUT2D eigenvalue weighted by Crippen LogP contribution is 2.28. The van der Waals surface area contributed by atoms with Crippen LogP contribution in [0.15, 0.2) is 66.3 Å². The van der Waals surface area contributed by atoms with Crippen LogP contribution in [0.4, 0.5) is 5.69 Å². The first-order chi connectivity index (χ1) is 21.7. The number of esters is 1. The van der Waals surface area contributed by atoms with Gasteiger partial charge in [0, 0.05) is 25.5 Å². The number of carbonyl (C=O) groups is 4. The third-order valence-electron chi connectivity index (χ3n) is 7.85. The molecule has 2 N–H and O–H groups in total. The molecular formula is C34H42N4O8. The lowest BCUT2D eigenvalue weighted by atomic mass is 9.89. The lowest BCUT2D eigenvalue weighted by molar-refractivity contribution is -0.385. The molecule has 1 fully saturated rings. The predicted octanol–water partition coefficient (Wildman–Crippen LogP) is 4.19. The number of para-hydroxylation sites is 1. The lowest BCUT2D eigenvalue weighted by Crippen LogP contribution is -2.55. The van der Waals surface area contributed by atoms with E-state index in [1.54, 1.807) is 77.1 Å². The molecule has 1 aliphatic heterocycles. The maximum Gasteiger partial charge on any atom is 0.326 e. The fourth-order valence-corrected chi connectivity index (χ4v) is 5.35. The Morgan fingerprint density at radius 3 is 2.52 bits per heavy atom. The summed E-state index contributed by atoms with van der Waals surface area (Å²) >= 11 is 0. The monoisotopic (exact) mass is 634 g/mol. The Kier molecular flexibility index (Phi) is 12.2. The van der Waals surface area contributed by atoms with E-state index in [1.165, 1.54) is 18.0 Å². The molecule has 0 aliphatic carbocycles. The van der Waals surface area contributed by atoms with E-state index in [2.05, 4.69) is 17.2 Å². The van der Waals surface area contributed by atoms with Gasteiger partial charge in [0.1, 0.15) is 37.1 Å². The minimum Gasteiger partial charge on any atom is -0.489 e. The number of hydrogen-bond acceptors (Lipinski definition) is 8. The summed E-state index contributed by atoms with van der Waals surface area (Å²) in [6, 6.07) is 11.6. The van der Waals surface area contributed by atoms with Gasteiger partial charge >= 0.3 is 5.97 Å². The van der Waals surface area contributed by atoms with Gasteiger partial charge in [-0.1, -0.05) is 63.3 Å². The second-order valence-corrected chi connectivity index (χ2v) is 11.8. The van der Waals surface area contributed by atoms with Gasteiger partial charge in [0.15, 0.2) is 0 Å². The number of hydrogen-bond donors (Lipinski definition) is 2. The molecule has 0 bridgehead atoms. The Morgan fingerprint density at radius 1 is 1.15 bits per heavy atom. The van der Waals surface area contributed by atoms with E-state index in [0.717, 1.165) is 0 Å². The Labute approximate surface area is 269 Å². The van der Waals surface area contributed by atoms with Crippen LogP contribution in [0.3, 0.4) is 0 Å². The first-order valence-electron chi connectivity index (χ1n) is 15.0. The summed E-state index contributed by atoms with van der Waals surface area (Å²) in [5.41, 5.74) is 2.23. The molecule has 1 heterocycles. The van der Waals surface area contributed by atoms with Crippen molar-refractivity contribution in [1.29, 1.82) is 0 Å². The number of nitro groups is 1.